The van der Waals surface area contributed by atoms with Crippen molar-refractivity contribution in [3.8, 4) is 11.5 Å². The van der Waals surface area contributed by atoms with Crippen molar-refractivity contribution < 1.29 is 22.7 Å². The molecule has 0 heterocycles. The zero-order valence-electron chi connectivity index (χ0n) is 17.0. The minimum Gasteiger partial charge on any atom is -0.495 e. The lowest BCUT2D eigenvalue weighted by molar-refractivity contribution is 0.261. The molecule has 0 saturated heterocycles. The molecular weight excluding hydrogens is 392 g/mol. The molecule has 0 bridgehead atoms. The average Bonchev–Trinajstić information content (AvgIpc) is 2.68. The molecule has 2 amide bonds. The van der Waals surface area contributed by atoms with Crippen LogP contribution in [0.25, 0.3) is 0 Å². The molecule has 0 aliphatic rings. The molecule has 2 aromatic rings. The van der Waals surface area contributed by atoms with Gasteiger partial charge in [-0.15, -0.1) is 0 Å². The van der Waals surface area contributed by atoms with Gasteiger partial charge in [-0.2, -0.15) is 0 Å². The summed E-state index contributed by atoms with van der Waals surface area (Å²) in [7, 11) is -1.91. The topological polar surface area (TPSA) is 93.7 Å². The van der Waals surface area contributed by atoms with E-state index in [-0.39, 0.29) is 10.6 Å². The zero-order chi connectivity index (χ0) is 21.3. The van der Waals surface area contributed by atoms with Gasteiger partial charge < -0.3 is 20.1 Å². The molecule has 0 aliphatic heterocycles. The van der Waals surface area contributed by atoms with E-state index < -0.39 is 15.9 Å². The lowest BCUT2D eigenvalue weighted by atomic mass is 10.2. The van der Waals surface area contributed by atoms with Crippen molar-refractivity contribution in [2.24, 2.45) is 0 Å². The summed E-state index contributed by atoms with van der Waals surface area (Å²) < 4.78 is 34.8. The number of carbonyl (C=O) groups is 1. The Kier molecular flexibility index (Phi) is 8.33. The molecule has 0 unspecified atom stereocenters. The first-order chi connectivity index (χ1) is 13.8. The molecule has 2 N–H and O–H groups in total. The Hall–Kier alpha value is -2.74. The third kappa shape index (κ3) is 6.98. The van der Waals surface area contributed by atoms with E-state index in [0.29, 0.717) is 23.8 Å². The van der Waals surface area contributed by atoms with Crippen molar-refractivity contribution in [3.05, 3.63) is 42.5 Å². The van der Waals surface area contributed by atoms with Crippen LogP contribution < -0.4 is 20.1 Å². The molecule has 0 radical (unpaired) electrons. The van der Waals surface area contributed by atoms with E-state index in [0.717, 1.165) is 31.9 Å². The first kappa shape index (κ1) is 22.5. The van der Waals surface area contributed by atoms with Gasteiger partial charge in [0.2, 0.25) is 0 Å². The maximum Gasteiger partial charge on any atom is 0.323 e. The first-order valence-electron chi connectivity index (χ1n) is 9.53. The van der Waals surface area contributed by atoms with Gasteiger partial charge in [-0.3, -0.25) is 0 Å². The number of hydrogen-bond acceptors (Lipinski definition) is 5. The number of rotatable bonds is 10. The van der Waals surface area contributed by atoms with Crippen molar-refractivity contribution >= 4 is 27.2 Å². The number of unbranched alkanes of at least 4 members (excludes halogenated alkanes) is 3. The molecule has 0 fully saturated rings. The van der Waals surface area contributed by atoms with Gasteiger partial charge in [0.15, 0.2) is 9.84 Å². The summed E-state index contributed by atoms with van der Waals surface area (Å²) in [5, 5.41) is 5.38. The standard InChI is InChI=1S/C21H28N2O5S/c1-4-5-6-9-14-28-20-13-12-16(29(3,25)26)15-18(20)23-21(24)22-17-10-7-8-11-19(17)27-2/h7-8,10-13,15H,4-6,9,14H2,1-3H3,(H2,22,23,24). The number of para-hydroxylation sites is 2. The predicted octanol–water partition coefficient (Wildman–Crippen LogP) is 4.70. The van der Waals surface area contributed by atoms with E-state index in [2.05, 4.69) is 17.6 Å². The molecule has 0 atom stereocenters. The quantitative estimate of drug-likeness (QED) is 0.543. The number of ether oxygens (including phenoxy) is 2. The van der Waals surface area contributed by atoms with Crippen LogP contribution >= 0.6 is 0 Å². The van der Waals surface area contributed by atoms with E-state index in [1.165, 1.54) is 19.2 Å². The maximum absolute atomic E-state index is 12.5. The van der Waals surface area contributed by atoms with Crippen LogP contribution in [0.2, 0.25) is 0 Å². The van der Waals surface area contributed by atoms with Gasteiger partial charge in [-0.1, -0.05) is 38.3 Å². The predicted molar refractivity (Wildman–Crippen MR) is 115 cm³/mol. The molecule has 2 aromatic carbocycles. The molecule has 0 aromatic heterocycles. The fourth-order valence-corrected chi connectivity index (χ4v) is 3.35. The Labute approximate surface area is 172 Å². The van der Waals surface area contributed by atoms with Crippen molar-refractivity contribution in [3.63, 3.8) is 0 Å². The molecule has 0 aliphatic carbocycles. The second-order valence-electron chi connectivity index (χ2n) is 6.62. The van der Waals surface area contributed by atoms with E-state index in [1.807, 2.05) is 0 Å². The van der Waals surface area contributed by atoms with Gasteiger partial charge in [-0.05, 0) is 36.8 Å². The number of benzene rings is 2. The smallest absolute Gasteiger partial charge is 0.323 e. The van der Waals surface area contributed by atoms with E-state index in [4.69, 9.17) is 9.47 Å². The Morgan fingerprint density at radius 3 is 2.38 bits per heavy atom. The first-order valence-corrected chi connectivity index (χ1v) is 11.4. The van der Waals surface area contributed by atoms with Gasteiger partial charge in [0, 0.05) is 6.26 Å². The van der Waals surface area contributed by atoms with Gasteiger partial charge in [0.25, 0.3) is 0 Å². The normalized spacial score (nSPS) is 11.0. The lowest BCUT2D eigenvalue weighted by Crippen LogP contribution is -2.20. The van der Waals surface area contributed by atoms with Crippen molar-refractivity contribution in [2.45, 2.75) is 37.5 Å². The van der Waals surface area contributed by atoms with Crippen molar-refractivity contribution in [2.75, 3.05) is 30.6 Å². The molecule has 0 spiro atoms. The van der Waals surface area contributed by atoms with Crippen molar-refractivity contribution in [1.82, 2.24) is 0 Å². The molecule has 29 heavy (non-hydrogen) atoms. The number of hydrogen-bond donors (Lipinski definition) is 2. The number of anilines is 2. The molecule has 2 rings (SSSR count). The second kappa shape index (κ2) is 10.7. The second-order valence-corrected chi connectivity index (χ2v) is 8.63. The zero-order valence-corrected chi connectivity index (χ0v) is 17.8. The minimum absolute atomic E-state index is 0.100. The monoisotopic (exact) mass is 420 g/mol. The van der Waals surface area contributed by atoms with Crippen LogP contribution in [0.5, 0.6) is 11.5 Å². The molecular formula is C21H28N2O5S. The number of nitrogens with one attached hydrogen (secondary N) is 2. The maximum atomic E-state index is 12.5. The summed E-state index contributed by atoms with van der Waals surface area (Å²) in [5.74, 6) is 0.934. The lowest BCUT2D eigenvalue weighted by Gasteiger charge is -2.15. The fraction of sp³-hybridized carbons (Fsp3) is 0.381. The van der Waals surface area contributed by atoms with Gasteiger partial charge in [0.1, 0.15) is 11.5 Å². The van der Waals surface area contributed by atoms with E-state index in [9.17, 15) is 13.2 Å². The SMILES string of the molecule is CCCCCCOc1ccc(S(C)(=O)=O)cc1NC(=O)Nc1ccccc1OC. The summed E-state index contributed by atoms with van der Waals surface area (Å²) in [6.07, 6.45) is 5.30. The Morgan fingerprint density at radius 1 is 0.966 bits per heavy atom. The van der Waals surface area contributed by atoms with Gasteiger partial charge in [0.05, 0.1) is 30.0 Å². The number of amides is 2. The highest BCUT2D eigenvalue weighted by atomic mass is 32.2. The number of carbonyl (C=O) groups excluding carboxylic acids is 1. The summed E-state index contributed by atoms with van der Waals surface area (Å²) in [6, 6.07) is 10.9. The van der Waals surface area contributed by atoms with E-state index >= 15 is 0 Å². The average molecular weight is 421 g/mol. The van der Waals surface area contributed by atoms with Crippen molar-refractivity contribution in [1.29, 1.82) is 0 Å². The minimum atomic E-state index is -3.43. The molecule has 0 saturated carbocycles. The Balaban J connectivity index is 2.17. The number of methoxy groups -OCH3 is 1. The number of urea groups is 1. The van der Waals surface area contributed by atoms with Crippen LogP contribution in [0, 0.1) is 0 Å². The number of sulfone groups is 1. The highest BCUT2D eigenvalue weighted by Gasteiger charge is 2.15. The largest absolute Gasteiger partial charge is 0.495 e. The highest BCUT2D eigenvalue weighted by molar-refractivity contribution is 7.90. The Bertz CT molecular complexity index is 928. The van der Waals surface area contributed by atoms with Crippen LogP contribution in [0.15, 0.2) is 47.4 Å². The van der Waals surface area contributed by atoms with Gasteiger partial charge in [-0.25, -0.2) is 13.2 Å². The summed E-state index contributed by atoms with van der Waals surface area (Å²) in [4.78, 5) is 12.6. The van der Waals surface area contributed by atoms with Crippen LogP contribution in [0.1, 0.15) is 32.6 Å². The van der Waals surface area contributed by atoms with Crippen LogP contribution in [0.4, 0.5) is 16.2 Å². The third-order valence-corrected chi connectivity index (χ3v) is 5.35. The summed E-state index contributed by atoms with van der Waals surface area (Å²) in [6.45, 7) is 2.62. The van der Waals surface area contributed by atoms with Crippen LogP contribution in [-0.2, 0) is 9.84 Å². The molecule has 8 heteroatoms. The molecule has 7 nitrogen and oxygen atoms in total. The van der Waals surface area contributed by atoms with Crippen LogP contribution in [0.3, 0.4) is 0 Å². The third-order valence-electron chi connectivity index (χ3n) is 4.24. The summed E-state index contributed by atoms with van der Waals surface area (Å²) in [5.41, 5.74) is 0.782. The fourth-order valence-electron chi connectivity index (χ4n) is 2.70. The molecule has 158 valence electrons. The van der Waals surface area contributed by atoms with E-state index in [1.54, 1.807) is 30.3 Å². The van der Waals surface area contributed by atoms with Gasteiger partial charge >= 0.3 is 6.03 Å². The van der Waals surface area contributed by atoms with Crippen LogP contribution in [-0.4, -0.2) is 34.4 Å². The highest BCUT2D eigenvalue weighted by Crippen LogP contribution is 2.29. The Morgan fingerprint density at radius 2 is 1.69 bits per heavy atom. The summed E-state index contributed by atoms with van der Waals surface area (Å²) >= 11 is 0.